The molecule has 2 rings (SSSR count). The molecule has 0 spiro atoms. The Bertz CT molecular complexity index is 588. The zero-order valence-corrected chi connectivity index (χ0v) is 12.2. The standard InChI is InChI=1S/C11H8BrClN2O2S/c12-7-4-8(18-6-7)5-14-10-3-1-2-9(13)11(10)15(16)17/h1-4,6,14H,5H2. The maximum atomic E-state index is 10.9. The van der Waals surface area contributed by atoms with Gasteiger partial charge in [-0.15, -0.1) is 11.3 Å². The van der Waals surface area contributed by atoms with Gasteiger partial charge in [-0.25, -0.2) is 0 Å². The third kappa shape index (κ3) is 3.01. The smallest absolute Gasteiger partial charge is 0.310 e. The summed E-state index contributed by atoms with van der Waals surface area (Å²) in [5.41, 5.74) is 0.340. The van der Waals surface area contributed by atoms with E-state index in [1.54, 1.807) is 23.5 Å². The van der Waals surface area contributed by atoms with E-state index in [1.807, 2.05) is 11.4 Å². The Morgan fingerprint density at radius 3 is 2.89 bits per heavy atom. The lowest BCUT2D eigenvalue weighted by Crippen LogP contribution is -2.01. The van der Waals surface area contributed by atoms with Crippen molar-refractivity contribution >= 4 is 50.2 Å². The van der Waals surface area contributed by atoms with Crippen LogP contribution in [0.25, 0.3) is 0 Å². The van der Waals surface area contributed by atoms with E-state index in [4.69, 9.17) is 11.6 Å². The van der Waals surface area contributed by atoms with Gasteiger partial charge in [0.2, 0.25) is 0 Å². The summed E-state index contributed by atoms with van der Waals surface area (Å²) in [6.45, 7) is 0.525. The van der Waals surface area contributed by atoms with Crippen LogP contribution >= 0.6 is 38.9 Å². The Morgan fingerprint density at radius 1 is 1.50 bits per heavy atom. The van der Waals surface area contributed by atoms with Crippen molar-refractivity contribution in [1.29, 1.82) is 0 Å². The molecule has 2 aromatic rings. The number of nitro groups is 1. The van der Waals surface area contributed by atoms with E-state index < -0.39 is 4.92 Å². The fourth-order valence-corrected chi connectivity index (χ4v) is 3.11. The monoisotopic (exact) mass is 346 g/mol. The van der Waals surface area contributed by atoms with Gasteiger partial charge in [-0.2, -0.15) is 0 Å². The van der Waals surface area contributed by atoms with Gasteiger partial charge < -0.3 is 5.32 Å². The number of thiophene rings is 1. The van der Waals surface area contributed by atoms with Gasteiger partial charge in [0.05, 0.1) is 4.92 Å². The summed E-state index contributed by atoms with van der Waals surface area (Å²) in [6, 6.07) is 6.80. The number of para-hydroxylation sites is 1. The molecule has 0 aliphatic carbocycles. The predicted octanol–water partition coefficient (Wildman–Crippen LogP) is 4.68. The van der Waals surface area contributed by atoms with Crippen LogP contribution in [-0.2, 0) is 6.54 Å². The minimum atomic E-state index is -0.477. The summed E-state index contributed by atoms with van der Waals surface area (Å²) >= 11 is 10.8. The highest BCUT2D eigenvalue weighted by atomic mass is 79.9. The zero-order valence-electron chi connectivity index (χ0n) is 9.02. The topological polar surface area (TPSA) is 55.2 Å². The largest absolute Gasteiger partial charge is 0.375 e. The number of hydrogen-bond donors (Lipinski definition) is 1. The Kier molecular flexibility index (Phi) is 4.21. The number of hydrogen-bond acceptors (Lipinski definition) is 4. The summed E-state index contributed by atoms with van der Waals surface area (Å²) in [4.78, 5) is 11.5. The summed E-state index contributed by atoms with van der Waals surface area (Å²) < 4.78 is 1.00. The second-order valence-corrected chi connectivity index (χ2v) is 5.80. The first-order valence-electron chi connectivity index (χ1n) is 4.97. The lowest BCUT2D eigenvalue weighted by atomic mass is 10.2. The van der Waals surface area contributed by atoms with Crippen LogP contribution in [-0.4, -0.2) is 4.92 Å². The first kappa shape index (κ1) is 13.3. The molecule has 18 heavy (non-hydrogen) atoms. The van der Waals surface area contributed by atoms with Crippen molar-refractivity contribution in [2.24, 2.45) is 0 Å². The van der Waals surface area contributed by atoms with Crippen molar-refractivity contribution in [3.63, 3.8) is 0 Å². The second-order valence-electron chi connectivity index (χ2n) is 3.48. The lowest BCUT2D eigenvalue weighted by Gasteiger charge is -2.06. The van der Waals surface area contributed by atoms with Gasteiger partial charge in [0.1, 0.15) is 10.7 Å². The number of halogens is 2. The van der Waals surface area contributed by atoms with E-state index in [2.05, 4.69) is 21.2 Å². The van der Waals surface area contributed by atoms with Crippen LogP contribution in [0.1, 0.15) is 4.88 Å². The zero-order chi connectivity index (χ0) is 13.1. The summed E-state index contributed by atoms with van der Waals surface area (Å²) in [5.74, 6) is 0. The minimum Gasteiger partial charge on any atom is -0.375 e. The second kappa shape index (κ2) is 5.69. The SMILES string of the molecule is O=[N+]([O-])c1c(Cl)cccc1NCc1cc(Br)cs1. The highest BCUT2D eigenvalue weighted by molar-refractivity contribution is 9.10. The molecule has 7 heteroatoms. The van der Waals surface area contributed by atoms with Crippen LogP contribution in [0.2, 0.25) is 5.02 Å². The van der Waals surface area contributed by atoms with E-state index in [1.165, 1.54) is 6.07 Å². The van der Waals surface area contributed by atoms with E-state index >= 15 is 0 Å². The van der Waals surface area contributed by atoms with Crippen molar-refractivity contribution < 1.29 is 4.92 Å². The normalized spacial score (nSPS) is 10.3. The molecule has 0 amide bonds. The average molecular weight is 348 g/mol. The van der Waals surface area contributed by atoms with E-state index in [0.717, 1.165) is 9.35 Å². The molecule has 0 aliphatic heterocycles. The van der Waals surface area contributed by atoms with Gasteiger partial charge in [0, 0.05) is 21.3 Å². The van der Waals surface area contributed by atoms with Gasteiger partial charge >= 0.3 is 5.69 Å². The highest BCUT2D eigenvalue weighted by Gasteiger charge is 2.17. The molecule has 94 valence electrons. The van der Waals surface area contributed by atoms with Gasteiger partial charge in [0.15, 0.2) is 0 Å². The highest BCUT2D eigenvalue weighted by Crippen LogP contribution is 2.32. The predicted molar refractivity (Wildman–Crippen MR) is 77.5 cm³/mol. The van der Waals surface area contributed by atoms with Crippen LogP contribution in [0.5, 0.6) is 0 Å². The number of rotatable bonds is 4. The average Bonchev–Trinajstić information content (AvgIpc) is 2.72. The Labute approximate surface area is 121 Å². The maximum Gasteiger partial charge on any atom is 0.310 e. The number of nitro benzene ring substituents is 1. The van der Waals surface area contributed by atoms with Gasteiger partial charge in [-0.3, -0.25) is 10.1 Å². The van der Waals surface area contributed by atoms with Crippen molar-refractivity contribution in [1.82, 2.24) is 0 Å². The van der Waals surface area contributed by atoms with E-state index in [-0.39, 0.29) is 10.7 Å². The summed E-state index contributed by atoms with van der Waals surface area (Å²) in [6.07, 6.45) is 0. The van der Waals surface area contributed by atoms with E-state index in [0.29, 0.717) is 12.2 Å². The Morgan fingerprint density at radius 2 is 2.28 bits per heavy atom. The molecule has 0 radical (unpaired) electrons. The first-order chi connectivity index (χ1) is 8.58. The van der Waals surface area contributed by atoms with Crippen LogP contribution in [0.3, 0.4) is 0 Å². The maximum absolute atomic E-state index is 10.9. The van der Waals surface area contributed by atoms with Crippen molar-refractivity contribution in [2.45, 2.75) is 6.54 Å². The Hall–Kier alpha value is -1.11. The number of nitrogens with zero attached hydrogens (tertiary/aromatic N) is 1. The number of anilines is 1. The first-order valence-corrected chi connectivity index (χ1v) is 7.02. The number of nitrogens with one attached hydrogen (secondary N) is 1. The quantitative estimate of drug-likeness (QED) is 0.645. The minimum absolute atomic E-state index is 0.0882. The summed E-state index contributed by atoms with van der Waals surface area (Å²) in [7, 11) is 0. The van der Waals surface area contributed by atoms with Crippen LogP contribution in [0.15, 0.2) is 34.1 Å². The third-order valence-corrected chi connectivity index (χ3v) is 4.25. The molecule has 1 N–H and O–H groups in total. The molecule has 0 fully saturated rings. The molecule has 0 saturated heterocycles. The Balaban J connectivity index is 2.19. The molecule has 0 atom stereocenters. The van der Waals surface area contributed by atoms with Crippen LogP contribution in [0.4, 0.5) is 11.4 Å². The molecule has 4 nitrogen and oxygen atoms in total. The third-order valence-electron chi connectivity index (χ3n) is 2.24. The van der Waals surface area contributed by atoms with Gasteiger partial charge in [-0.05, 0) is 34.1 Å². The van der Waals surface area contributed by atoms with Gasteiger partial charge in [-0.1, -0.05) is 17.7 Å². The number of benzene rings is 1. The van der Waals surface area contributed by atoms with E-state index in [9.17, 15) is 10.1 Å². The molecule has 1 aromatic carbocycles. The molecule has 0 aliphatic rings. The van der Waals surface area contributed by atoms with Crippen LogP contribution in [0, 0.1) is 10.1 Å². The molecule has 1 heterocycles. The molecule has 0 bridgehead atoms. The molecule has 0 unspecified atom stereocenters. The van der Waals surface area contributed by atoms with Crippen LogP contribution < -0.4 is 5.32 Å². The van der Waals surface area contributed by atoms with Crippen molar-refractivity contribution in [2.75, 3.05) is 5.32 Å². The molecule has 1 aromatic heterocycles. The fraction of sp³-hybridized carbons (Fsp3) is 0.0909. The van der Waals surface area contributed by atoms with Crippen molar-refractivity contribution in [3.05, 3.63) is 54.1 Å². The summed E-state index contributed by atoms with van der Waals surface area (Å²) in [5, 5.41) is 16.1. The molecule has 0 saturated carbocycles. The lowest BCUT2D eigenvalue weighted by molar-refractivity contribution is -0.383. The molecular weight excluding hydrogens is 340 g/mol. The van der Waals surface area contributed by atoms with Crippen molar-refractivity contribution in [3.8, 4) is 0 Å². The molecular formula is C11H8BrClN2O2S. The fourth-order valence-electron chi connectivity index (χ4n) is 1.47. The van der Waals surface area contributed by atoms with Gasteiger partial charge in [0.25, 0.3) is 0 Å².